The molecule has 2 aliphatic carbocycles. The molecule has 2 unspecified atom stereocenters. The molecule has 3 heteroatoms. The van der Waals surface area contributed by atoms with Gasteiger partial charge < -0.3 is 24.8 Å². The van der Waals surface area contributed by atoms with E-state index in [0.29, 0.717) is 13.2 Å². The third-order valence-electron chi connectivity index (χ3n) is 9.53. The molecule has 6 aromatic rings. The minimum atomic E-state index is -0.983. The van der Waals surface area contributed by atoms with Crippen LogP contribution in [0.25, 0.3) is 56.0 Å². The smallest absolute Gasteiger partial charge is 1.00 e. The topological polar surface area (TPSA) is 0 Å². The number of fused-ring (bicyclic) bond motifs is 4. The summed E-state index contributed by atoms with van der Waals surface area (Å²) in [4.78, 5) is 0. The molecule has 2 atom stereocenters. The standard InChI is InChI=1S/C22H19.C20H15.2ClH.Zr/c1-15(2)18-13-17-9-6-12-21(22(17)14-18)20-11-5-8-16-7-3-4-10-19(16)20;1-14-12-16-8-5-11-19(20(16)13-14)18-10-4-7-15-6-2-3-9-17(15)18;;;/h3-15H,1-2H3;2-13H,1H3;2*1H;/q;;;;+2/p-2. The second-order valence-corrected chi connectivity index (χ2v) is 16.0. The fraction of sp³-hybridized carbons (Fsp3) is 0.143. The molecule has 0 saturated heterocycles. The largest absolute Gasteiger partial charge is 1.00 e. The van der Waals surface area contributed by atoms with Crippen LogP contribution in [0.2, 0.25) is 0 Å². The van der Waals surface area contributed by atoms with Gasteiger partial charge in [-0.2, -0.15) is 0 Å². The van der Waals surface area contributed by atoms with Crippen molar-refractivity contribution in [2.24, 2.45) is 5.92 Å². The molecular weight excluding hydrogens is 667 g/mol. The van der Waals surface area contributed by atoms with E-state index in [4.69, 9.17) is 0 Å². The van der Waals surface area contributed by atoms with Gasteiger partial charge in [-0.05, 0) is 0 Å². The molecule has 0 aromatic heterocycles. The van der Waals surface area contributed by atoms with Gasteiger partial charge in [0.15, 0.2) is 0 Å². The summed E-state index contributed by atoms with van der Waals surface area (Å²) < 4.78 is 1.15. The average Bonchev–Trinajstić information content (AvgIpc) is 3.58. The van der Waals surface area contributed by atoms with Crippen molar-refractivity contribution < 1.29 is 48.0 Å². The molecule has 8 rings (SSSR count). The molecule has 0 spiro atoms. The summed E-state index contributed by atoms with van der Waals surface area (Å²) in [6, 6.07) is 45.2. The van der Waals surface area contributed by atoms with Crippen LogP contribution < -0.4 is 24.8 Å². The molecule has 0 nitrogen and oxygen atoms in total. The number of benzene rings is 6. The molecule has 0 radical (unpaired) electrons. The third-order valence-corrected chi connectivity index (χ3v) is 14.6. The van der Waals surface area contributed by atoms with Crippen molar-refractivity contribution in [3.8, 4) is 22.3 Å². The molecule has 0 N–H and O–H groups in total. The minimum absolute atomic E-state index is 0. The van der Waals surface area contributed by atoms with Crippen LogP contribution in [0.5, 0.6) is 0 Å². The Bertz CT molecular complexity index is 2110. The zero-order valence-corrected chi connectivity index (χ0v) is 29.7. The van der Waals surface area contributed by atoms with Crippen LogP contribution in [0, 0.1) is 5.92 Å². The van der Waals surface area contributed by atoms with Crippen molar-refractivity contribution in [1.82, 2.24) is 0 Å². The van der Waals surface area contributed by atoms with Crippen molar-refractivity contribution in [2.75, 3.05) is 0 Å². The van der Waals surface area contributed by atoms with E-state index in [1.165, 1.54) is 54.9 Å². The molecule has 6 aromatic carbocycles. The Balaban J connectivity index is 0.00000179. The van der Waals surface area contributed by atoms with Crippen LogP contribution in [0.3, 0.4) is 0 Å². The Hall–Kier alpha value is -3.22. The molecule has 45 heavy (non-hydrogen) atoms. The molecule has 0 saturated carbocycles. The van der Waals surface area contributed by atoms with Crippen molar-refractivity contribution in [3.63, 3.8) is 0 Å². The zero-order chi connectivity index (χ0) is 29.1. The quantitative estimate of drug-likeness (QED) is 0.218. The predicted molar refractivity (Wildman–Crippen MR) is 181 cm³/mol. The minimum Gasteiger partial charge on any atom is -1.00 e. The van der Waals surface area contributed by atoms with E-state index in [1.54, 1.807) is 22.3 Å². The van der Waals surface area contributed by atoms with Gasteiger partial charge in [-0.3, -0.25) is 0 Å². The van der Waals surface area contributed by atoms with E-state index in [9.17, 15) is 0 Å². The Morgan fingerprint density at radius 3 is 1.49 bits per heavy atom. The van der Waals surface area contributed by atoms with E-state index in [-0.39, 0.29) is 24.8 Å². The van der Waals surface area contributed by atoms with Crippen molar-refractivity contribution in [1.29, 1.82) is 0 Å². The van der Waals surface area contributed by atoms with Gasteiger partial charge in [0.05, 0.1) is 0 Å². The van der Waals surface area contributed by atoms with Gasteiger partial charge >= 0.3 is 268 Å². The summed E-state index contributed by atoms with van der Waals surface area (Å²) >= 11 is -0.983. The maximum atomic E-state index is 2.57. The Morgan fingerprint density at radius 2 is 0.933 bits per heavy atom. The van der Waals surface area contributed by atoms with E-state index in [2.05, 4.69) is 154 Å². The SMILES string of the molecule is CC1=Cc2c(-c3cccc4ccccc34)cccc2[CH]1[Zr+2][CH]1C(C(C)C)=Cc2c(-c3cccc4ccccc34)cccc21.[Cl-].[Cl-]. The summed E-state index contributed by atoms with van der Waals surface area (Å²) in [7, 11) is 0. The van der Waals surface area contributed by atoms with Crippen LogP contribution in [0.4, 0.5) is 0 Å². The first-order valence-corrected chi connectivity index (χ1v) is 18.3. The van der Waals surface area contributed by atoms with Crippen LogP contribution in [-0.4, -0.2) is 0 Å². The van der Waals surface area contributed by atoms with Gasteiger partial charge in [0.25, 0.3) is 0 Å². The third kappa shape index (κ3) is 5.38. The second kappa shape index (κ2) is 12.9. The van der Waals surface area contributed by atoms with Crippen LogP contribution in [-0.2, 0) is 23.2 Å². The summed E-state index contributed by atoms with van der Waals surface area (Å²) in [5, 5.41) is 5.29. The molecule has 0 fully saturated rings. The maximum Gasteiger partial charge on any atom is -1.00 e. The summed E-state index contributed by atoms with van der Waals surface area (Å²) in [6.07, 6.45) is 5.09. The fourth-order valence-electron chi connectivity index (χ4n) is 7.44. The number of allylic oxidation sites excluding steroid dienone is 2. The van der Waals surface area contributed by atoms with Gasteiger partial charge in [0.1, 0.15) is 0 Å². The first-order valence-electron chi connectivity index (χ1n) is 15.5. The van der Waals surface area contributed by atoms with Gasteiger partial charge in [-0.1, -0.05) is 0 Å². The maximum absolute atomic E-state index is 2.57. The Morgan fingerprint density at radius 1 is 0.489 bits per heavy atom. The molecule has 2 aliphatic rings. The molecule has 0 bridgehead atoms. The van der Waals surface area contributed by atoms with E-state index in [0.717, 1.165) is 0 Å². The van der Waals surface area contributed by atoms with Crippen LogP contribution in [0.1, 0.15) is 50.3 Å². The predicted octanol–water partition coefficient (Wildman–Crippen LogP) is 5.67. The van der Waals surface area contributed by atoms with E-state index in [1.807, 2.05) is 0 Å². The first kappa shape index (κ1) is 31.8. The zero-order valence-electron chi connectivity index (χ0n) is 25.7. The van der Waals surface area contributed by atoms with Crippen molar-refractivity contribution >= 4 is 33.7 Å². The van der Waals surface area contributed by atoms with Crippen molar-refractivity contribution in [2.45, 2.75) is 28.0 Å². The first-order chi connectivity index (χ1) is 21.1. The molecule has 0 amide bonds. The van der Waals surface area contributed by atoms with Gasteiger partial charge in [-0.25, -0.2) is 0 Å². The molecule has 0 aliphatic heterocycles. The van der Waals surface area contributed by atoms with Gasteiger partial charge in [0, 0.05) is 0 Å². The van der Waals surface area contributed by atoms with Crippen molar-refractivity contribution in [3.05, 3.63) is 155 Å². The normalized spacial score (nSPS) is 16.4. The Labute approximate surface area is 290 Å². The van der Waals surface area contributed by atoms with E-state index < -0.39 is 23.2 Å². The summed E-state index contributed by atoms with van der Waals surface area (Å²) in [5.74, 6) is 0.533. The number of hydrogen-bond acceptors (Lipinski definition) is 0. The summed E-state index contributed by atoms with van der Waals surface area (Å²) in [6.45, 7) is 7.18. The Kier molecular flexibility index (Phi) is 9.09. The molecular formula is C42H34Cl2Zr. The fourth-order valence-corrected chi connectivity index (χ4v) is 12.7. The average molecular weight is 701 g/mol. The number of rotatable bonds is 5. The van der Waals surface area contributed by atoms with E-state index >= 15 is 0 Å². The van der Waals surface area contributed by atoms with Crippen LogP contribution >= 0.6 is 0 Å². The van der Waals surface area contributed by atoms with Crippen LogP contribution in [0.15, 0.2) is 132 Å². The molecule has 220 valence electrons. The summed E-state index contributed by atoms with van der Waals surface area (Å²) in [5.41, 5.74) is 14.7. The second-order valence-electron chi connectivity index (χ2n) is 12.4. The number of halogens is 2. The molecule has 0 heterocycles. The van der Waals surface area contributed by atoms with Gasteiger partial charge in [-0.15, -0.1) is 0 Å². The number of hydrogen-bond donors (Lipinski definition) is 0. The monoisotopic (exact) mass is 698 g/mol. The van der Waals surface area contributed by atoms with Gasteiger partial charge in [0.2, 0.25) is 0 Å².